The first kappa shape index (κ1) is 26.5. The van der Waals surface area contributed by atoms with Crippen molar-refractivity contribution in [1.29, 1.82) is 0 Å². The van der Waals surface area contributed by atoms with Gasteiger partial charge in [0, 0.05) is 16.9 Å². The molecule has 3 aromatic carbocycles. The van der Waals surface area contributed by atoms with Gasteiger partial charge in [-0.2, -0.15) is 0 Å². The lowest BCUT2D eigenvalue weighted by Crippen LogP contribution is -2.32. The molecule has 2 N–H and O–H groups in total. The highest BCUT2D eigenvalue weighted by molar-refractivity contribution is 6.54. The van der Waals surface area contributed by atoms with Crippen molar-refractivity contribution < 1.29 is 23.9 Å². The van der Waals surface area contributed by atoms with E-state index in [-0.39, 0.29) is 42.6 Å². The number of rotatable bonds is 6. The Labute approximate surface area is 230 Å². The maximum absolute atomic E-state index is 13.1. The SMILES string of the molecule is COC(=O)c1cccc(NC(=O)c2cccc(NC3=C(Cl)C(=O)N(c4cc(Cl)c(Cl)cc4Cl)C3=O)c2)c1. The van der Waals surface area contributed by atoms with Crippen molar-refractivity contribution in [2.45, 2.75) is 0 Å². The van der Waals surface area contributed by atoms with Crippen LogP contribution < -0.4 is 15.5 Å². The second-order valence-corrected chi connectivity index (χ2v) is 9.18. The number of carbonyl (C=O) groups excluding carboxylic acids is 4. The molecule has 4 rings (SSSR count). The topological polar surface area (TPSA) is 105 Å². The van der Waals surface area contributed by atoms with E-state index in [4.69, 9.17) is 46.4 Å². The number of hydrogen-bond donors (Lipinski definition) is 2. The number of hydrogen-bond acceptors (Lipinski definition) is 6. The summed E-state index contributed by atoms with van der Waals surface area (Å²) in [5.41, 5.74) is 0.996. The van der Waals surface area contributed by atoms with E-state index in [2.05, 4.69) is 15.4 Å². The third-order valence-corrected chi connectivity index (χ3v) is 6.57. The van der Waals surface area contributed by atoms with Crippen LogP contribution in [-0.4, -0.2) is 30.8 Å². The standard InChI is InChI=1S/C25H15Cl4N3O5/c1-37-25(36)13-5-3-7-15(9-13)31-22(33)12-4-2-6-14(8-12)30-21-20(29)23(34)32(24(21)35)19-11-17(27)16(26)10-18(19)28/h2-11,30H,1H3,(H,31,33). The summed E-state index contributed by atoms with van der Waals surface area (Å²) in [6.07, 6.45) is 0. The lowest BCUT2D eigenvalue weighted by Gasteiger charge is -2.17. The molecule has 0 unspecified atom stereocenters. The van der Waals surface area contributed by atoms with Gasteiger partial charge in [-0.3, -0.25) is 14.4 Å². The molecule has 0 saturated heterocycles. The molecule has 0 bridgehead atoms. The van der Waals surface area contributed by atoms with Crippen LogP contribution in [0.5, 0.6) is 0 Å². The van der Waals surface area contributed by atoms with Gasteiger partial charge in [-0.05, 0) is 48.5 Å². The fourth-order valence-electron chi connectivity index (χ4n) is 3.44. The van der Waals surface area contributed by atoms with Crippen LogP contribution in [0.3, 0.4) is 0 Å². The number of nitrogens with zero attached hydrogens (tertiary/aromatic N) is 1. The Kier molecular flexibility index (Phi) is 7.75. The summed E-state index contributed by atoms with van der Waals surface area (Å²) in [6, 6.07) is 15.0. The van der Waals surface area contributed by atoms with Gasteiger partial charge in [-0.15, -0.1) is 0 Å². The highest BCUT2D eigenvalue weighted by atomic mass is 35.5. The zero-order valence-corrected chi connectivity index (χ0v) is 21.8. The molecule has 0 spiro atoms. The van der Waals surface area contributed by atoms with Crippen LogP contribution in [0.2, 0.25) is 15.1 Å². The molecule has 188 valence electrons. The summed E-state index contributed by atoms with van der Waals surface area (Å²) in [7, 11) is 1.26. The van der Waals surface area contributed by atoms with E-state index in [0.29, 0.717) is 11.4 Å². The Balaban J connectivity index is 1.55. The van der Waals surface area contributed by atoms with Crippen LogP contribution in [0, 0.1) is 0 Å². The van der Waals surface area contributed by atoms with E-state index in [1.165, 1.54) is 31.4 Å². The number of amides is 3. The second-order valence-electron chi connectivity index (χ2n) is 7.58. The predicted octanol–water partition coefficient (Wildman–Crippen LogP) is 6.12. The third-order valence-electron chi connectivity index (χ3n) is 5.19. The van der Waals surface area contributed by atoms with Crippen molar-refractivity contribution in [3.63, 3.8) is 0 Å². The molecule has 0 atom stereocenters. The Morgan fingerprint density at radius 1 is 0.784 bits per heavy atom. The van der Waals surface area contributed by atoms with E-state index in [1.54, 1.807) is 36.4 Å². The van der Waals surface area contributed by atoms with Gasteiger partial charge in [0.15, 0.2) is 0 Å². The number of anilines is 3. The zero-order valence-electron chi connectivity index (χ0n) is 18.8. The molecular formula is C25H15Cl4N3O5. The summed E-state index contributed by atoms with van der Waals surface area (Å²) in [5.74, 6) is -2.61. The van der Waals surface area contributed by atoms with Gasteiger partial charge in [-0.1, -0.05) is 58.5 Å². The number of benzene rings is 3. The van der Waals surface area contributed by atoms with Gasteiger partial charge >= 0.3 is 5.97 Å². The maximum Gasteiger partial charge on any atom is 0.337 e. The third kappa shape index (κ3) is 5.42. The normalized spacial score (nSPS) is 13.2. The first-order valence-corrected chi connectivity index (χ1v) is 11.9. The summed E-state index contributed by atoms with van der Waals surface area (Å²) in [6.45, 7) is 0. The maximum atomic E-state index is 13.1. The number of esters is 1. The molecule has 0 radical (unpaired) electrons. The van der Waals surface area contributed by atoms with Gasteiger partial charge in [0.2, 0.25) is 0 Å². The van der Waals surface area contributed by atoms with Crippen LogP contribution in [0.15, 0.2) is 71.4 Å². The van der Waals surface area contributed by atoms with Crippen molar-refractivity contribution in [2.24, 2.45) is 0 Å². The van der Waals surface area contributed by atoms with Crippen LogP contribution >= 0.6 is 46.4 Å². The van der Waals surface area contributed by atoms with E-state index < -0.39 is 23.7 Å². The fraction of sp³-hybridized carbons (Fsp3) is 0.0400. The van der Waals surface area contributed by atoms with Gasteiger partial charge in [0.05, 0.1) is 33.4 Å². The number of nitrogens with one attached hydrogen (secondary N) is 2. The number of imide groups is 1. The van der Waals surface area contributed by atoms with E-state index in [9.17, 15) is 19.2 Å². The molecule has 8 nitrogen and oxygen atoms in total. The molecule has 0 fully saturated rings. The van der Waals surface area contributed by atoms with Gasteiger partial charge in [0.25, 0.3) is 17.7 Å². The highest BCUT2D eigenvalue weighted by Gasteiger charge is 2.40. The Bertz CT molecular complexity index is 1510. The molecule has 3 amide bonds. The lowest BCUT2D eigenvalue weighted by molar-refractivity contribution is -0.120. The molecule has 3 aromatic rings. The van der Waals surface area contributed by atoms with Crippen molar-refractivity contribution >= 4 is 87.2 Å². The van der Waals surface area contributed by atoms with E-state index >= 15 is 0 Å². The van der Waals surface area contributed by atoms with E-state index in [1.807, 2.05) is 0 Å². The minimum atomic E-state index is -0.811. The molecule has 0 aliphatic carbocycles. The molecule has 0 saturated carbocycles. The van der Waals surface area contributed by atoms with Crippen molar-refractivity contribution in [3.05, 3.63) is 97.6 Å². The summed E-state index contributed by atoms with van der Waals surface area (Å²) < 4.78 is 4.69. The van der Waals surface area contributed by atoms with Crippen LogP contribution in [0.4, 0.5) is 17.1 Å². The van der Waals surface area contributed by atoms with Gasteiger partial charge < -0.3 is 15.4 Å². The largest absolute Gasteiger partial charge is 0.465 e. The number of carbonyl (C=O) groups is 4. The van der Waals surface area contributed by atoms with Crippen LogP contribution in [-0.2, 0) is 14.3 Å². The molecule has 1 aliphatic heterocycles. The van der Waals surface area contributed by atoms with E-state index in [0.717, 1.165) is 4.90 Å². The average molecular weight is 579 g/mol. The molecular weight excluding hydrogens is 564 g/mol. The molecule has 1 aliphatic rings. The van der Waals surface area contributed by atoms with Crippen molar-refractivity contribution in [1.82, 2.24) is 0 Å². The zero-order chi connectivity index (χ0) is 26.9. The van der Waals surface area contributed by atoms with Crippen LogP contribution in [0.1, 0.15) is 20.7 Å². The summed E-state index contributed by atoms with van der Waals surface area (Å²) in [4.78, 5) is 51.2. The van der Waals surface area contributed by atoms with Gasteiger partial charge in [-0.25, -0.2) is 9.69 Å². The van der Waals surface area contributed by atoms with Gasteiger partial charge in [0.1, 0.15) is 10.7 Å². The van der Waals surface area contributed by atoms with Crippen molar-refractivity contribution in [2.75, 3.05) is 22.6 Å². The minimum absolute atomic E-state index is 0.0170. The number of methoxy groups -OCH3 is 1. The quantitative estimate of drug-likeness (QED) is 0.207. The van der Waals surface area contributed by atoms with Crippen molar-refractivity contribution in [3.8, 4) is 0 Å². The first-order valence-electron chi connectivity index (χ1n) is 10.4. The Hall–Kier alpha value is -3.56. The van der Waals surface area contributed by atoms with Crippen LogP contribution in [0.25, 0.3) is 0 Å². The predicted molar refractivity (Wildman–Crippen MR) is 143 cm³/mol. The number of ether oxygens (including phenoxy) is 1. The Morgan fingerprint density at radius 2 is 1.41 bits per heavy atom. The summed E-state index contributed by atoms with van der Waals surface area (Å²) in [5, 5.41) is 5.38. The molecule has 1 heterocycles. The monoisotopic (exact) mass is 577 g/mol. The number of halogens is 4. The minimum Gasteiger partial charge on any atom is -0.465 e. The lowest BCUT2D eigenvalue weighted by atomic mass is 10.1. The highest BCUT2D eigenvalue weighted by Crippen LogP contribution is 2.38. The molecule has 37 heavy (non-hydrogen) atoms. The smallest absolute Gasteiger partial charge is 0.337 e. The Morgan fingerprint density at radius 3 is 2.11 bits per heavy atom. The average Bonchev–Trinajstić information content (AvgIpc) is 3.09. The fourth-order valence-corrected chi connectivity index (χ4v) is 4.28. The summed E-state index contributed by atoms with van der Waals surface area (Å²) >= 11 is 24.4. The molecule has 12 heteroatoms. The molecule has 0 aromatic heterocycles. The first-order chi connectivity index (χ1) is 17.6. The second kappa shape index (κ2) is 10.8.